The zero-order valence-electron chi connectivity index (χ0n) is 7.70. The van der Waals surface area contributed by atoms with Crippen LogP contribution in [0, 0.1) is 0 Å². The van der Waals surface area contributed by atoms with Crippen molar-refractivity contribution in [2.45, 2.75) is 31.7 Å². The second-order valence-corrected chi connectivity index (χ2v) is 3.78. The van der Waals surface area contributed by atoms with Gasteiger partial charge in [0.2, 0.25) is 6.33 Å². The van der Waals surface area contributed by atoms with Crippen molar-refractivity contribution in [3.63, 3.8) is 0 Å². The average molecular weight is 188 g/mol. The lowest BCUT2D eigenvalue weighted by molar-refractivity contribution is -0.671. The van der Waals surface area contributed by atoms with Crippen LogP contribution in [0.25, 0.3) is 0 Å². The minimum absolute atomic E-state index is 0.266. The normalized spacial score (nSPS) is 13.2. The molecule has 1 rings (SSSR count). The van der Waals surface area contributed by atoms with Crippen molar-refractivity contribution in [1.82, 2.24) is 4.57 Å². The van der Waals surface area contributed by atoms with Crippen LogP contribution < -0.4 is 4.57 Å². The molecule has 0 spiro atoms. The quantitative estimate of drug-likeness (QED) is 0.502. The van der Waals surface area contributed by atoms with Gasteiger partial charge in [0.25, 0.3) is 0 Å². The second kappa shape index (κ2) is 4.51. The van der Waals surface area contributed by atoms with E-state index in [0.29, 0.717) is 0 Å². The third-order valence-corrected chi connectivity index (χ3v) is 2.19. The lowest BCUT2D eigenvalue weighted by Crippen LogP contribution is -2.24. The van der Waals surface area contributed by atoms with E-state index in [1.807, 2.05) is 30.3 Å². The molecule has 3 heteroatoms. The molecule has 0 aromatic carbocycles. The predicted molar refractivity (Wildman–Crippen MR) is 50.2 cm³/mol. The molecule has 0 saturated carbocycles. The van der Waals surface area contributed by atoms with E-state index in [0.717, 1.165) is 19.4 Å². The van der Waals surface area contributed by atoms with Crippen molar-refractivity contribution in [1.29, 1.82) is 0 Å². The zero-order valence-corrected chi connectivity index (χ0v) is 8.46. The Morgan fingerprint density at radius 2 is 2.33 bits per heavy atom. The summed E-state index contributed by atoms with van der Waals surface area (Å²) in [6, 6.07) is 0. The van der Waals surface area contributed by atoms with Gasteiger partial charge < -0.3 is 0 Å². The molecule has 0 N–H and O–H groups in total. The first-order valence-electron chi connectivity index (χ1n) is 4.37. The molecule has 1 aromatic heterocycles. The first kappa shape index (κ1) is 9.59. The molecule has 0 aliphatic rings. The Morgan fingerprint density at radius 1 is 1.58 bits per heavy atom. The van der Waals surface area contributed by atoms with E-state index in [9.17, 15) is 0 Å². The molecule has 1 atom stereocenters. The van der Waals surface area contributed by atoms with E-state index in [1.165, 1.54) is 0 Å². The number of nitrogens with zero attached hydrogens (tertiary/aromatic N) is 2. The summed E-state index contributed by atoms with van der Waals surface area (Å²) in [5, 5.41) is 0.266. The first-order valence-corrected chi connectivity index (χ1v) is 4.81. The summed E-state index contributed by atoms with van der Waals surface area (Å²) < 4.78 is 4.14. The standard InChI is InChI=1S/C9H16ClN2/c1-3-4-9(10)7-12-6-5-11(2)8-12/h5-6,8-9H,3-4,7H2,1-2H3/q+1. The predicted octanol–water partition coefficient (Wildman–Crippen LogP) is 1.72. The first-order chi connectivity index (χ1) is 5.72. The molecule has 0 bridgehead atoms. The Kier molecular flexibility index (Phi) is 3.60. The molecule has 0 radical (unpaired) electrons. The third-order valence-electron chi connectivity index (χ3n) is 1.83. The van der Waals surface area contributed by atoms with Gasteiger partial charge in [-0.2, -0.15) is 0 Å². The Balaban J connectivity index is 2.41. The SMILES string of the molecule is CCCC(Cl)Cn1cc[n+](C)c1. The van der Waals surface area contributed by atoms with Crippen LogP contribution >= 0.6 is 11.6 Å². The zero-order chi connectivity index (χ0) is 8.97. The largest absolute Gasteiger partial charge is 0.243 e. The molecule has 0 amide bonds. The number of hydrogen-bond acceptors (Lipinski definition) is 0. The van der Waals surface area contributed by atoms with Crippen LogP contribution in [0.3, 0.4) is 0 Å². The molecule has 0 saturated heterocycles. The summed E-state index contributed by atoms with van der Waals surface area (Å²) >= 11 is 6.09. The number of hydrogen-bond donors (Lipinski definition) is 0. The molecule has 0 aliphatic carbocycles. The fourth-order valence-corrected chi connectivity index (χ4v) is 1.62. The van der Waals surface area contributed by atoms with E-state index in [4.69, 9.17) is 11.6 Å². The van der Waals surface area contributed by atoms with Gasteiger partial charge in [0.1, 0.15) is 18.9 Å². The molecular weight excluding hydrogens is 172 g/mol. The van der Waals surface area contributed by atoms with Crippen LogP contribution in [0.1, 0.15) is 19.8 Å². The van der Waals surface area contributed by atoms with Gasteiger partial charge in [-0.1, -0.05) is 13.3 Å². The van der Waals surface area contributed by atoms with E-state index < -0.39 is 0 Å². The fraction of sp³-hybridized carbons (Fsp3) is 0.667. The van der Waals surface area contributed by atoms with Crippen molar-refractivity contribution < 1.29 is 4.57 Å². The van der Waals surface area contributed by atoms with Crippen molar-refractivity contribution in [2.75, 3.05) is 0 Å². The minimum atomic E-state index is 0.266. The van der Waals surface area contributed by atoms with Gasteiger partial charge in [0.05, 0.1) is 12.4 Å². The lowest BCUT2D eigenvalue weighted by Gasteiger charge is -2.03. The average Bonchev–Trinajstić information content (AvgIpc) is 2.36. The minimum Gasteiger partial charge on any atom is -0.240 e. The smallest absolute Gasteiger partial charge is 0.240 e. The highest BCUT2D eigenvalue weighted by Gasteiger charge is 2.07. The summed E-state index contributed by atoms with van der Waals surface area (Å²) in [6.07, 6.45) is 8.36. The molecule has 1 unspecified atom stereocenters. The van der Waals surface area contributed by atoms with Gasteiger partial charge in [-0.25, -0.2) is 9.13 Å². The number of halogens is 1. The number of alkyl halides is 1. The summed E-state index contributed by atoms with van der Waals surface area (Å²) in [5.41, 5.74) is 0. The molecule has 1 aromatic rings. The van der Waals surface area contributed by atoms with Crippen molar-refractivity contribution >= 4 is 11.6 Å². The van der Waals surface area contributed by atoms with Gasteiger partial charge in [-0.3, -0.25) is 0 Å². The van der Waals surface area contributed by atoms with Crippen LogP contribution in [0.15, 0.2) is 18.7 Å². The Labute approximate surface area is 78.8 Å². The third kappa shape index (κ3) is 2.86. The maximum atomic E-state index is 6.09. The van der Waals surface area contributed by atoms with E-state index in [-0.39, 0.29) is 5.38 Å². The van der Waals surface area contributed by atoms with Gasteiger partial charge in [0.15, 0.2) is 0 Å². The number of rotatable bonds is 4. The van der Waals surface area contributed by atoms with E-state index >= 15 is 0 Å². The number of aryl methyl sites for hydroxylation is 1. The Morgan fingerprint density at radius 3 is 2.83 bits per heavy atom. The van der Waals surface area contributed by atoms with E-state index in [2.05, 4.69) is 11.5 Å². The summed E-state index contributed by atoms with van der Waals surface area (Å²) in [4.78, 5) is 0. The number of aromatic nitrogens is 2. The van der Waals surface area contributed by atoms with Gasteiger partial charge in [-0.15, -0.1) is 11.6 Å². The maximum absolute atomic E-state index is 6.09. The highest BCUT2D eigenvalue weighted by atomic mass is 35.5. The molecule has 2 nitrogen and oxygen atoms in total. The van der Waals surface area contributed by atoms with Crippen molar-refractivity contribution in [2.24, 2.45) is 7.05 Å². The molecule has 0 fully saturated rings. The molecule has 1 heterocycles. The summed E-state index contributed by atoms with van der Waals surface area (Å²) in [6.45, 7) is 3.07. The Bertz CT molecular complexity index is 232. The number of imidazole rings is 1. The van der Waals surface area contributed by atoms with Crippen LogP contribution in [-0.2, 0) is 13.6 Å². The van der Waals surface area contributed by atoms with Crippen molar-refractivity contribution in [3.8, 4) is 0 Å². The molecule has 68 valence electrons. The lowest BCUT2D eigenvalue weighted by atomic mass is 10.2. The van der Waals surface area contributed by atoms with Crippen LogP contribution in [-0.4, -0.2) is 9.94 Å². The monoisotopic (exact) mass is 187 g/mol. The van der Waals surface area contributed by atoms with E-state index in [1.54, 1.807) is 0 Å². The topological polar surface area (TPSA) is 8.81 Å². The fourth-order valence-electron chi connectivity index (χ4n) is 1.24. The molecule has 0 aliphatic heterocycles. The Hall–Kier alpha value is -0.500. The summed E-state index contributed by atoms with van der Waals surface area (Å²) in [7, 11) is 2.01. The van der Waals surface area contributed by atoms with Crippen molar-refractivity contribution in [3.05, 3.63) is 18.7 Å². The highest BCUT2D eigenvalue weighted by molar-refractivity contribution is 6.20. The van der Waals surface area contributed by atoms with Gasteiger partial charge in [0, 0.05) is 0 Å². The van der Waals surface area contributed by atoms with Gasteiger partial charge >= 0.3 is 0 Å². The van der Waals surface area contributed by atoms with Crippen LogP contribution in [0.4, 0.5) is 0 Å². The molecular formula is C9H16ClN2+. The highest BCUT2D eigenvalue weighted by Crippen LogP contribution is 2.07. The van der Waals surface area contributed by atoms with Gasteiger partial charge in [-0.05, 0) is 6.42 Å². The maximum Gasteiger partial charge on any atom is 0.243 e. The van der Waals surface area contributed by atoms with Crippen LogP contribution in [0.5, 0.6) is 0 Å². The summed E-state index contributed by atoms with van der Waals surface area (Å²) in [5.74, 6) is 0. The molecule has 12 heavy (non-hydrogen) atoms. The second-order valence-electron chi connectivity index (χ2n) is 3.16. The van der Waals surface area contributed by atoms with Crippen LogP contribution in [0.2, 0.25) is 0 Å².